The van der Waals surface area contributed by atoms with Crippen molar-refractivity contribution in [3.05, 3.63) is 199 Å². The molecule has 14 rings (SSSR count). The third-order valence-electron chi connectivity index (χ3n) is 14.0. The van der Waals surface area contributed by atoms with E-state index >= 15 is 0 Å². The molecular weight excluding hydrogens is 771 g/mol. The zero-order chi connectivity index (χ0) is 40.8. The molecule has 0 N–H and O–H groups in total. The van der Waals surface area contributed by atoms with E-state index in [1.807, 2.05) is 11.3 Å². The average molecular weight is 808 g/mol. The molecule has 3 heteroatoms. The van der Waals surface area contributed by atoms with E-state index in [1.165, 1.54) is 91.6 Å². The predicted octanol–water partition coefficient (Wildman–Crippen LogP) is 17.3. The molecule has 0 unspecified atom stereocenters. The lowest BCUT2D eigenvalue weighted by Gasteiger charge is -2.30. The van der Waals surface area contributed by atoms with Gasteiger partial charge in [0.15, 0.2) is 0 Å². The van der Waals surface area contributed by atoms with Gasteiger partial charge < -0.3 is 9.64 Å². The number of anilines is 3. The van der Waals surface area contributed by atoms with Crippen LogP contribution in [-0.2, 0) is 5.41 Å². The van der Waals surface area contributed by atoms with Crippen molar-refractivity contribution in [2.75, 3.05) is 4.90 Å². The maximum Gasteiger partial charge on any atom is 0.136 e. The second-order valence-electron chi connectivity index (χ2n) is 17.6. The molecular formula is C59H37NOS. The zero-order valence-electron chi connectivity index (χ0n) is 34.2. The monoisotopic (exact) mass is 807 g/mol. The summed E-state index contributed by atoms with van der Waals surface area (Å²) >= 11 is 1.86. The van der Waals surface area contributed by atoms with Gasteiger partial charge in [-0.25, -0.2) is 0 Å². The van der Waals surface area contributed by atoms with Gasteiger partial charge in [0.2, 0.25) is 0 Å². The Balaban J connectivity index is 0.968. The molecule has 62 heavy (non-hydrogen) atoms. The van der Waals surface area contributed by atoms with Gasteiger partial charge in [-0.05, 0) is 126 Å². The molecule has 1 aliphatic heterocycles. The first-order chi connectivity index (χ1) is 30.5. The zero-order valence-corrected chi connectivity index (χ0v) is 35.0. The predicted molar refractivity (Wildman–Crippen MR) is 264 cm³/mol. The summed E-state index contributed by atoms with van der Waals surface area (Å²) in [4.78, 5) is 2.51. The number of hydrogen-bond donors (Lipinski definition) is 0. The fourth-order valence-corrected chi connectivity index (χ4v) is 12.3. The molecule has 0 saturated heterocycles. The number of hydrogen-bond acceptors (Lipinski definition) is 3. The number of ether oxygens (including phenoxy) is 1. The highest BCUT2D eigenvalue weighted by atomic mass is 32.1. The second kappa shape index (κ2) is 12.3. The summed E-state index contributed by atoms with van der Waals surface area (Å²) < 4.78 is 9.58. The van der Waals surface area contributed by atoms with E-state index in [0.29, 0.717) is 0 Å². The van der Waals surface area contributed by atoms with Crippen LogP contribution < -0.4 is 9.64 Å². The van der Waals surface area contributed by atoms with Crippen LogP contribution in [0.1, 0.15) is 25.0 Å². The highest BCUT2D eigenvalue weighted by Gasteiger charge is 2.36. The van der Waals surface area contributed by atoms with Gasteiger partial charge in [0.25, 0.3) is 0 Å². The van der Waals surface area contributed by atoms with Crippen molar-refractivity contribution < 1.29 is 4.74 Å². The highest BCUT2D eigenvalue weighted by molar-refractivity contribution is 7.26. The normalized spacial score (nSPS) is 13.6. The quantitative estimate of drug-likeness (QED) is 0.164. The molecule has 0 fully saturated rings. The number of thiophene rings is 1. The maximum absolute atomic E-state index is 7.00. The van der Waals surface area contributed by atoms with Crippen LogP contribution in [0.4, 0.5) is 17.1 Å². The van der Waals surface area contributed by atoms with Crippen molar-refractivity contribution in [2.45, 2.75) is 19.3 Å². The van der Waals surface area contributed by atoms with Crippen molar-refractivity contribution in [1.82, 2.24) is 0 Å². The molecule has 0 saturated carbocycles. The molecule has 1 aromatic heterocycles. The first-order valence-electron chi connectivity index (χ1n) is 21.5. The van der Waals surface area contributed by atoms with Crippen molar-refractivity contribution in [3.63, 3.8) is 0 Å². The van der Waals surface area contributed by atoms with Crippen LogP contribution in [0.5, 0.6) is 11.5 Å². The van der Waals surface area contributed by atoms with Gasteiger partial charge in [-0.2, -0.15) is 0 Å². The molecule has 0 spiro atoms. The lowest BCUT2D eigenvalue weighted by Crippen LogP contribution is -2.15. The molecule has 2 heterocycles. The van der Waals surface area contributed by atoms with Gasteiger partial charge in [-0.15, -0.1) is 11.3 Å². The second-order valence-corrected chi connectivity index (χ2v) is 18.7. The Bertz CT molecular complexity index is 3870. The Kier molecular flexibility index (Phi) is 6.81. The lowest BCUT2D eigenvalue weighted by molar-refractivity contribution is 0.487. The number of benzene rings is 11. The standard InChI is InChI=1S/C59H37NOS/c1-59(2)47-16-5-3-12-40(47)46-33-38(25-29-48(46)59)60(50-17-9-19-54-58(50)45-13-4-6-18-53(45)62-54)49-30-31-51-57-42(14-8-15-44(49)57)41-27-24-37(32-52(41)61-51)39-26-22-36-21-20-34-10-7-11-35-23-28-43(39)56(36)55(34)35/h3-33H,1-2H3. The van der Waals surface area contributed by atoms with Crippen molar-refractivity contribution in [2.24, 2.45) is 0 Å². The fourth-order valence-electron chi connectivity index (χ4n) is 11.2. The molecule has 0 radical (unpaired) electrons. The van der Waals surface area contributed by atoms with Gasteiger partial charge in [-0.3, -0.25) is 0 Å². The Hall–Kier alpha value is -7.46. The Morgan fingerprint density at radius 2 is 1.11 bits per heavy atom. The van der Waals surface area contributed by atoms with E-state index in [1.54, 1.807) is 0 Å². The van der Waals surface area contributed by atoms with E-state index in [0.717, 1.165) is 44.8 Å². The van der Waals surface area contributed by atoms with Gasteiger partial charge in [0, 0.05) is 47.6 Å². The minimum atomic E-state index is -0.0797. The minimum Gasteiger partial charge on any atom is -0.456 e. The Morgan fingerprint density at radius 3 is 2.03 bits per heavy atom. The van der Waals surface area contributed by atoms with Crippen LogP contribution in [0, 0.1) is 0 Å². The number of fused-ring (bicyclic) bond motifs is 8. The van der Waals surface area contributed by atoms with Crippen molar-refractivity contribution >= 4 is 91.7 Å². The topological polar surface area (TPSA) is 12.5 Å². The van der Waals surface area contributed by atoms with Gasteiger partial charge in [-0.1, -0.05) is 147 Å². The van der Waals surface area contributed by atoms with Crippen LogP contribution in [0.15, 0.2) is 188 Å². The lowest BCUT2D eigenvalue weighted by atomic mass is 9.82. The SMILES string of the molecule is CC1(C)c2ccccc2-c2cc(N(c3ccc4c5c(cccc35)-c3ccc(-c5ccc6ccc7cccc8ccc5c6c78)cc3O4)c3cccc4sc5ccccc5c34)ccc21. The molecule has 12 aromatic rings. The first kappa shape index (κ1) is 34.3. The number of nitrogens with zero attached hydrogens (tertiary/aromatic N) is 1. The largest absolute Gasteiger partial charge is 0.456 e. The van der Waals surface area contributed by atoms with Gasteiger partial charge in [0.1, 0.15) is 11.5 Å². The Labute approximate surface area is 362 Å². The maximum atomic E-state index is 7.00. The van der Waals surface area contributed by atoms with Crippen LogP contribution >= 0.6 is 11.3 Å². The summed E-state index contributed by atoms with van der Waals surface area (Å²) in [5.41, 5.74) is 13.4. The van der Waals surface area contributed by atoms with Crippen molar-refractivity contribution in [3.8, 4) is 44.9 Å². The van der Waals surface area contributed by atoms with E-state index in [4.69, 9.17) is 4.74 Å². The van der Waals surface area contributed by atoms with Crippen LogP contribution in [0.3, 0.4) is 0 Å². The van der Waals surface area contributed by atoms with Crippen LogP contribution in [-0.4, -0.2) is 0 Å². The van der Waals surface area contributed by atoms with Gasteiger partial charge >= 0.3 is 0 Å². The third kappa shape index (κ3) is 4.58. The minimum absolute atomic E-state index is 0.0797. The van der Waals surface area contributed by atoms with E-state index < -0.39 is 0 Å². The van der Waals surface area contributed by atoms with Crippen molar-refractivity contribution in [1.29, 1.82) is 0 Å². The molecule has 11 aromatic carbocycles. The van der Waals surface area contributed by atoms with Crippen LogP contribution in [0.25, 0.3) is 96.6 Å². The summed E-state index contributed by atoms with van der Waals surface area (Å²) in [7, 11) is 0. The molecule has 0 atom stereocenters. The first-order valence-corrected chi connectivity index (χ1v) is 22.3. The molecule has 0 bridgehead atoms. The summed E-state index contributed by atoms with van der Waals surface area (Å²) in [5.74, 6) is 1.76. The Morgan fingerprint density at radius 1 is 0.403 bits per heavy atom. The molecule has 1 aliphatic carbocycles. The van der Waals surface area contributed by atoms with E-state index in [2.05, 4.69) is 207 Å². The smallest absolute Gasteiger partial charge is 0.136 e. The van der Waals surface area contributed by atoms with Gasteiger partial charge in [0.05, 0.1) is 11.4 Å². The number of rotatable bonds is 4. The molecule has 290 valence electrons. The van der Waals surface area contributed by atoms with E-state index in [-0.39, 0.29) is 5.41 Å². The summed E-state index contributed by atoms with van der Waals surface area (Å²) in [6, 6.07) is 69.9. The molecule has 2 nitrogen and oxygen atoms in total. The summed E-state index contributed by atoms with van der Waals surface area (Å²) in [6.45, 7) is 4.71. The summed E-state index contributed by atoms with van der Waals surface area (Å²) in [5, 5.41) is 12.6. The summed E-state index contributed by atoms with van der Waals surface area (Å²) in [6.07, 6.45) is 0. The average Bonchev–Trinajstić information content (AvgIpc) is 3.81. The molecule has 0 amide bonds. The highest BCUT2D eigenvalue weighted by Crippen LogP contribution is 2.55. The molecule has 2 aliphatic rings. The third-order valence-corrected chi connectivity index (χ3v) is 15.1. The van der Waals surface area contributed by atoms with Crippen LogP contribution in [0.2, 0.25) is 0 Å². The van der Waals surface area contributed by atoms with E-state index in [9.17, 15) is 0 Å². The fraction of sp³-hybridized carbons (Fsp3) is 0.0508.